The highest BCUT2D eigenvalue weighted by Crippen LogP contribution is 2.43. The third kappa shape index (κ3) is 5.74. The lowest BCUT2D eigenvalue weighted by Crippen LogP contribution is -2.04. The Kier molecular flexibility index (Phi) is 7.79. The first-order chi connectivity index (χ1) is 32.2. The fourth-order valence-electron chi connectivity index (χ4n) is 9.86. The minimum atomic E-state index is 0.574. The van der Waals surface area contributed by atoms with Crippen LogP contribution in [0.4, 0.5) is 0 Å². The third-order valence-corrected chi connectivity index (χ3v) is 14.1. The van der Waals surface area contributed by atoms with Crippen LogP contribution < -0.4 is 0 Å². The molecule has 0 atom stereocenters. The molecule has 0 N–H and O–H groups in total. The van der Waals surface area contributed by atoms with Gasteiger partial charge in [-0.05, 0) is 87.3 Å². The van der Waals surface area contributed by atoms with E-state index >= 15 is 0 Å². The smallest absolute Gasteiger partial charge is 0.166 e. The lowest BCUT2D eigenvalue weighted by Gasteiger charge is -2.16. The van der Waals surface area contributed by atoms with Gasteiger partial charge in [0.1, 0.15) is 11.2 Å². The van der Waals surface area contributed by atoms with Crippen LogP contribution in [-0.2, 0) is 0 Å². The summed E-state index contributed by atoms with van der Waals surface area (Å²) in [6, 6.07) is 73.4. The van der Waals surface area contributed by atoms with Crippen molar-refractivity contribution in [1.82, 2.24) is 19.5 Å². The summed E-state index contributed by atoms with van der Waals surface area (Å²) < 4.78 is 11.5. The monoisotopic (exact) mass is 846 g/mol. The van der Waals surface area contributed by atoms with Crippen molar-refractivity contribution in [3.8, 4) is 51.0 Å². The minimum absolute atomic E-state index is 0.574. The molecule has 14 rings (SSSR count). The molecular weight excluding hydrogens is 813 g/mol. The first kappa shape index (κ1) is 36.1. The lowest BCUT2D eigenvalue weighted by molar-refractivity contribution is 0.668. The van der Waals surface area contributed by atoms with Crippen LogP contribution in [0, 0.1) is 0 Å². The minimum Gasteiger partial charge on any atom is -0.456 e. The molecule has 6 heteroatoms. The quantitative estimate of drug-likeness (QED) is 0.173. The van der Waals surface area contributed by atoms with Crippen LogP contribution in [0.1, 0.15) is 0 Å². The largest absolute Gasteiger partial charge is 0.456 e. The number of benzene rings is 10. The van der Waals surface area contributed by atoms with Crippen molar-refractivity contribution in [2.24, 2.45) is 0 Å². The Hall–Kier alpha value is -8.45. The van der Waals surface area contributed by atoms with Crippen molar-refractivity contribution in [1.29, 1.82) is 0 Å². The Labute approximate surface area is 376 Å². The fourth-order valence-corrected chi connectivity index (χ4v) is 11.0. The number of nitrogens with zero attached hydrogens (tertiary/aromatic N) is 4. The summed E-state index contributed by atoms with van der Waals surface area (Å²) in [6.07, 6.45) is 0. The molecule has 4 heterocycles. The molecule has 0 radical (unpaired) electrons. The van der Waals surface area contributed by atoms with Gasteiger partial charge in [0, 0.05) is 64.5 Å². The molecule has 65 heavy (non-hydrogen) atoms. The summed E-state index contributed by atoms with van der Waals surface area (Å²) in [5.74, 6) is 1.78. The molecule has 302 valence electrons. The molecule has 0 saturated heterocycles. The number of hydrogen-bond acceptors (Lipinski definition) is 5. The second-order valence-corrected chi connectivity index (χ2v) is 17.9. The van der Waals surface area contributed by atoms with Gasteiger partial charge in [0.05, 0.1) is 16.7 Å². The van der Waals surface area contributed by atoms with Gasteiger partial charge >= 0.3 is 0 Å². The van der Waals surface area contributed by atoms with Crippen molar-refractivity contribution < 1.29 is 4.42 Å². The number of para-hydroxylation sites is 1. The second-order valence-electron chi connectivity index (χ2n) is 16.8. The van der Waals surface area contributed by atoms with Gasteiger partial charge in [-0.2, -0.15) is 0 Å². The molecule has 0 amide bonds. The number of aromatic nitrogens is 4. The second kappa shape index (κ2) is 14.0. The van der Waals surface area contributed by atoms with Gasteiger partial charge in [-0.25, -0.2) is 15.0 Å². The van der Waals surface area contributed by atoms with E-state index in [0.29, 0.717) is 17.5 Å². The highest BCUT2D eigenvalue weighted by molar-refractivity contribution is 7.25. The summed E-state index contributed by atoms with van der Waals surface area (Å²) in [5, 5.41) is 11.6. The third-order valence-electron chi connectivity index (χ3n) is 13.0. The molecule has 0 spiro atoms. The summed E-state index contributed by atoms with van der Waals surface area (Å²) in [7, 11) is 0. The predicted molar refractivity (Wildman–Crippen MR) is 271 cm³/mol. The molecule has 0 saturated carbocycles. The maximum absolute atomic E-state index is 6.69. The molecule has 0 aliphatic rings. The van der Waals surface area contributed by atoms with E-state index in [1.165, 1.54) is 52.5 Å². The van der Waals surface area contributed by atoms with E-state index in [0.717, 1.165) is 66.5 Å². The Balaban J connectivity index is 1.09. The van der Waals surface area contributed by atoms with Crippen LogP contribution >= 0.6 is 11.3 Å². The number of hydrogen-bond donors (Lipinski definition) is 0. The van der Waals surface area contributed by atoms with Crippen LogP contribution in [0.2, 0.25) is 0 Å². The van der Waals surface area contributed by atoms with E-state index < -0.39 is 0 Å². The Morgan fingerprint density at radius 1 is 0.338 bits per heavy atom. The number of fused-ring (bicyclic) bond motifs is 11. The van der Waals surface area contributed by atoms with Crippen LogP contribution in [0.15, 0.2) is 211 Å². The number of furan rings is 1. The van der Waals surface area contributed by atoms with E-state index in [1.54, 1.807) is 11.3 Å². The van der Waals surface area contributed by atoms with Crippen molar-refractivity contribution >= 4 is 96.8 Å². The molecule has 14 aromatic rings. The zero-order valence-corrected chi connectivity index (χ0v) is 35.6. The molecule has 0 unspecified atom stereocenters. The molecule has 0 bridgehead atoms. The molecule has 0 fully saturated rings. The topological polar surface area (TPSA) is 56.7 Å². The average Bonchev–Trinajstić information content (AvgIpc) is 4.03. The molecule has 0 aliphatic carbocycles. The zero-order valence-electron chi connectivity index (χ0n) is 34.7. The summed E-state index contributed by atoms with van der Waals surface area (Å²) >= 11 is 1.79. The number of rotatable bonds is 5. The SMILES string of the molecule is c1ccc(-c2cccc(-c3nc(-c4ccc5c(c4)sc4ccccc45)nc(-c4cc5c(cc4-n4c6cc7ccccc7cc6c6cc7ccccc7cc64)oc4ccccc45)n3)c2)cc1. The Bertz CT molecular complexity index is 4160. The first-order valence-corrected chi connectivity index (χ1v) is 22.6. The van der Waals surface area contributed by atoms with Crippen molar-refractivity contribution in [3.63, 3.8) is 0 Å². The summed E-state index contributed by atoms with van der Waals surface area (Å²) in [6.45, 7) is 0. The van der Waals surface area contributed by atoms with Gasteiger partial charge in [-0.3, -0.25) is 0 Å². The molecule has 4 aromatic heterocycles. The standard InChI is InChI=1S/C59H34N4OS/c1-2-13-35(14-3-1)36-19-12-20-41(27-36)57-60-58(42-25-26-45-44-22-9-11-24-55(44)65-56(45)32-42)62-59(61-57)49-33-48-43-21-8-10-23-53(43)64-54(48)34-52(49)63-50-30-39-17-6-4-15-37(39)28-46(50)47-29-38-16-5-7-18-40(38)31-51(47)63/h1-34H. The van der Waals surface area contributed by atoms with E-state index in [4.69, 9.17) is 19.4 Å². The highest BCUT2D eigenvalue weighted by Gasteiger charge is 2.23. The lowest BCUT2D eigenvalue weighted by atomic mass is 10.0. The number of thiophene rings is 1. The normalized spacial score (nSPS) is 12.0. The Morgan fingerprint density at radius 2 is 0.908 bits per heavy atom. The molecule has 5 nitrogen and oxygen atoms in total. The van der Waals surface area contributed by atoms with E-state index in [1.807, 2.05) is 18.2 Å². The van der Waals surface area contributed by atoms with Crippen molar-refractivity contribution in [2.75, 3.05) is 0 Å². The van der Waals surface area contributed by atoms with E-state index in [9.17, 15) is 0 Å². The highest BCUT2D eigenvalue weighted by atomic mass is 32.1. The molecule has 0 aliphatic heterocycles. The zero-order chi connectivity index (χ0) is 42.6. The summed E-state index contributed by atoms with van der Waals surface area (Å²) in [4.78, 5) is 16.3. The van der Waals surface area contributed by atoms with E-state index in [-0.39, 0.29) is 0 Å². The van der Waals surface area contributed by atoms with Crippen molar-refractivity contribution in [3.05, 3.63) is 206 Å². The van der Waals surface area contributed by atoms with Gasteiger partial charge in [-0.1, -0.05) is 146 Å². The van der Waals surface area contributed by atoms with Crippen LogP contribution in [0.25, 0.3) is 136 Å². The predicted octanol–water partition coefficient (Wildman–Crippen LogP) is 16.2. The van der Waals surface area contributed by atoms with Crippen LogP contribution in [0.5, 0.6) is 0 Å². The van der Waals surface area contributed by atoms with Gasteiger partial charge in [0.15, 0.2) is 17.5 Å². The van der Waals surface area contributed by atoms with Gasteiger partial charge in [-0.15, -0.1) is 11.3 Å². The van der Waals surface area contributed by atoms with Gasteiger partial charge in [0.25, 0.3) is 0 Å². The van der Waals surface area contributed by atoms with Crippen LogP contribution in [-0.4, -0.2) is 19.5 Å². The maximum Gasteiger partial charge on any atom is 0.166 e. The fraction of sp³-hybridized carbons (Fsp3) is 0. The molecular formula is C59H34N4OS. The first-order valence-electron chi connectivity index (χ1n) is 21.8. The van der Waals surface area contributed by atoms with Gasteiger partial charge in [0.2, 0.25) is 0 Å². The van der Waals surface area contributed by atoms with Gasteiger partial charge < -0.3 is 8.98 Å². The van der Waals surface area contributed by atoms with Crippen molar-refractivity contribution in [2.45, 2.75) is 0 Å². The Morgan fingerprint density at radius 3 is 1.65 bits per heavy atom. The maximum atomic E-state index is 6.69. The molecule has 10 aromatic carbocycles. The summed E-state index contributed by atoms with van der Waals surface area (Å²) in [5.41, 5.74) is 9.65. The van der Waals surface area contributed by atoms with E-state index in [2.05, 4.69) is 193 Å². The van der Waals surface area contributed by atoms with Crippen LogP contribution in [0.3, 0.4) is 0 Å². The average molecular weight is 847 g/mol.